The van der Waals surface area contributed by atoms with E-state index >= 15 is 0 Å². The topological polar surface area (TPSA) is 63.6 Å². The molecule has 0 aliphatic rings. The van der Waals surface area contributed by atoms with E-state index in [1.165, 1.54) is 11.3 Å². The number of nitrogens with zero attached hydrogens (tertiary/aromatic N) is 2. The van der Waals surface area contributed by atoms with Crippen LogP contribution >= 0.6 is 11.3 Å². The number of aryl methyl sites for hydroxylation is 2. The van der Waals surface area contributed by atoms with Gasteiger partial charge in [-0.1, -0.05) is 29.8 Å². The number of ether oxygens (including phenoxy) is 1. The molecule has 0 aliphatic heterocycles. The Bertz CT molecular complexity index is 901. The Balaban J connectivity index is 1.64. The van der Waals surface area contributed by atoms with Crippen LogP contribution in [0.5, 0.6) is 5.75 Å². The minimum atomic E-state index is -0.384. The van der Waals surface area contributed by atoms with Crippen LogP contribution in [0, 0.1) is 13.8 Å². The molecule has 1 aromatic heterocycles. The summed E-state index contributed by atoms with van der Waals surface area (Å²) in [5, 5.41) is 6.83. The van der Waals surface area contributed by atoms with Gasteiger partial charge >= 0.3 is 5.97 Å². The molecule has 0 atom stereocenters. The molecule has 1 N–H and O–H groups in total. The molecule has 6 heteroatoms. The monoisotopic (exact) mass is 351 g/mol. The average Bonchev–Trinajstić information content (AvgIpc) is 3.01. The van der Waals surface area contributed by atoms with Gasteiger partial charge < -0.3 is 4.74 Å². The van der Waals surface area contributed by atoms with Gasteiger partial charge in [-0.05, 0) is 43.7 Å². The van der Waals surface area contributed by atoms with Crippen LogP contribution in [0.2, 0.25) is 0 Å². The zero-order chi connectivity index (χ0) is 17.6. The first-order valence-electron chi connectivity index (χ1n) is 7.70. The Morgan fingerprint density at radius 1 is 1.20 bits per heavy atom. The van der Waals surface area contributed by atoms with Crippen LogP contribution in [0.15, 0.2) is 59.0 Å². The molecule has 0 saturated carbocycles. The first kappa shape index (κ1) is 16.9. The molecule has 0 saturated heterocycles. The van der Waals surface area contributed by atoms with Crippen LogP contribution in [0.25, 0.3) is 0 Å². The predicted octanol–water partition coefficient (Wildman–Crippen LogP) is 4.43. The Kier molecular flexibility index (Phi) is 5.20. The highest BCUT2D eigenvalue weighted by atomic mass is 32.1. The van der Waals surface area contributed by atoms with Crippen molar-refractivity contribution in [3.05, 3.63) is 76.3 Å². The van der Waals surface area contributed by atoms with Gasteiger partial charge in [0.05, 0.1) is 17.5 Å². The van der Waals surface area contributed by atoms with Crippen LogP contribution in [0.3, 0.4) is 0 Å². The molecule has 0 unspecified atom stereocenters. The summed E-state index contributed by atoms with van der Waals surface area (Å²) in [6.07, 6.45) is 1.65. The standard InChI is InChI=1S/C19H17N3O2S/c1-13-6-8-16(9-7-13)18(23)24-17-5-3-4-15(10-17)11-20-22-19-21-14(2)12-25-19/h3-12H,1-2H3,(H,21,22). The lowest BCUT2D eigenvalue weighted by atomic mass is 10.1. The maximum absolute atomic E-state index is 12.2. The van der Waals surface area contributed by atoms with Gasteiger partial charge in [0, 0.05) is 5.38 Å². The van der Waals surface area contributed by atoms with Crippen molar-refractivity contribution < 1.29 is 9.53 Å². The lowest BCUT2D eigenvalue weighted by molar-refractivity contribution is 0.0735. The Labute approximate surface area is 150 Å². The summed E-state index contributed by atoms with van der Waals surface area (Å²) in [7, 11) is 0. The molecular formula is C19H17N3O2S. The van der Waals surface area contributed by atoms with Gasteiger partial charge in [0.2, 0.25) is 5.13 Å². The maximum atomic E-state index is 12.2. The molecule has 126 valence electrons. The van der Waals surface area contributed by atoms with E-state index < -0.39 is 0 Å². The van der Waals surface area contributed by atoms with Crippen molar-refractivity contribution in [3.8, 4) is 5.75 Å². The summed E-state index contributed by atoms with van der Waals surface area (Å²) >= 11 is 1.49. The maximum Gasteiger partial charge on any atom is 0.343 e. The third-order valence-corrected chi connectivity index (χ3v) is 4.21. The Morgan fingerprint density at radius 3 is 2.72 bits per heavy atom. The van der Waals surface area contributed by atoms with Gasteiger partial charge in [0.15, 0.2) is 0 Å². The number of carbonyl (C=O) groups excluding carboxylic acids is 1. The van der Waals surface area contributed by atoms with E-state index in [0.717, 1.165) is 22.0 Å². The van der Waals surface area contributed by atoms with Crippen LogP contribution in [-0.2, 0) is 0 Å². The highest BCUT2D eigenvalue weighted by Crippen LogP contribution is 2.16. The number of hydrazone groups is 1. The second-order valence-electron chi connectivity index (χ2n) is 5.49. The van der Waals surface area contributed by atoms with Crippen molar-refractivity contribution >= 4 is 28.7 Å². The summed E-state index contributed by atoms with van der Waals surface area (Å²) in [6.45, 7) is 3.90. The minimum Gasteiger partial charge on any atom is -0.423 e. The molecule has 3 aromatic rings. The summed E-state index contributed by atoms with van der Waals surface area (Å²) in [4.78, 5) is 16.4. The lowest BCUT2D eigenvalue weighted by Crippen LogP contribution is -2.08. The number of aromatic nitrogens is 1. The van der Waals surface area contributed by atoms with Crippen molar-refractivity contribution in [2.24, 2.45) is 5.10 Å². The van der Waals surface area contributed by atoms with Crippen molar-refractivity contribution in [1.82, 2.24) is 4.98 Å². The highest BCUT2D eigenvalue weighted by Gasteiger charge is 2.08. The highest BCUT2D eigenvalue weighted by molar-refractivity contribution is 7.13. The molecule has 0 radical (unpaired) electrons. The van der Waals surface area contributed by atoms with Gasteiger partial charge in [-0.2, -0.15) is 5.10 Å². The number of nitrogens with one attached hydrogen (secondary N) is 1. The molecular weight excluding hydrogens is 334 g/mol. The van der Waals surface area contributed by atoms with Gasteiger partial charge in [-0.15, -0.1) is 11.3 Å². The molecule has 0 aliphatic carbocycles. The smallest absolute Gasteiger partial charge is 0.343 e. The summed E-state index contributed by atoms with van der Waals surface area (Å²) in [5.41, 5.74) is 6.25. The van der Waals surface area contributed by atoms with Gasteiger partial charge in [0.25, 0.3) is 0 Å². The van der Waals surface area contributed by atoms with Crippen LogP contribution in [0.4, 0.5) is 5.13 Å². The molecule has 5 nitrogen and oxygen atoms in total. The number of carbonyl (C=O) groups is 1. The molecule has 0 bridgehead atoms. The second kappa shape index (κ2) is 7.72. The van der Waals surface area contributed by atoms with Crippen LogP contribution in [0.1, 0.15) is 27.2 Å². The van der Waals surface area contributed by atoms with Gasteiger partial charge in [-0.25, -0.2) is 9.78 Å². The fourth-order valence-electron chi connectivity index (χ4n) is 2.08. The van der Waals surface area contributed by atoms with E-state index in [4.69, 9.17) is 4.74 Å². The van der Waals surface area contributed by atoms with Gasteiger partial charge in [-0.3, -0.25) is 5.43 Å². The molecule has 2 aromatic carbocycles. The van der Waals surface area contributed by atoms with E-state index in [9.17, 15) is 4.79 Å². The van der Waals surface area contributed by atoms with E-state index in [0.29, 0.717) is 11.3 Å². The largest absolute Gasteiger partial charge is 0.423 e. The van der Waals surface area contributed by atoms with Crippen molar-refractivity contribution in [2.75, 3.05) is 5.43 Å². The Hall–Kier alpha value is -2.99. The number of anilines is 1. The second-order valence-corrected chi connectivity index (χ2v) is 6.35. The summed E-state index contributed by atoms with van der Waals surface area (Å²) in [6, 6.07) is 14.4. The number of benzene rings is 2. The zero-order valence-corrected chi connectivity index (χ0v) is 14.7. The number of rotatable bonds is 5. The number of esters is 1. The quantitative estimate of drug-likeness (QED) is 0.320. The fourth-order valence-corrected chi connectivity index (χ4v) is 2.72. The molecule has 0 spiro atoms. The van der Waals surface area contributed by atoms with Crippen LogP contribution in [-0.4, -0.2) is 17.2 Å². The molecule has 25 heavy (non-hydrogen) atoms. The van der Waals surface area contributed by atoms with E-state index in [2.05, 4.69) is 15.5 Å². The first-order valence-corrected chi connectivity index (χ1v) is 8.58. The molecule has 0 fully saturated rings. The zero-order valence-electron chi connectivity index (χ0n) is 13.9. The summed E-state index contributed by atoms with van der Waals surface area (Å²) < 4.78 is 5.42. The van der Waals surface area contributed by atoms with Crippen LogP contribution < -0.4 is 10.2 Å². The van der Waals surface area contributed by atoms with E-state index in [1.807, 2.05) is 43.5 Å². The first-order chi connectivity index (χ1) is 12.1. The molecule has 0 amide bonds. The van der Waals surface area contributed by atoms with Crippen molar-refractivity contribution in [2.45, 2.75) is 13.8 Å². The Morgan fingerprint density at radius 2 is 2.00 bits per heavy atom. The minimum absolute atomic E-state index is 0.384. The van der Waals surface area contributed by atoms with E-state index in [-0.39, 0.29) is 5.97 Å². The molecule has 3 rings (SSSR count). The van der Waals surface area contributed by atoms with Crippen molar-refractivity contribution in [3.63, 3.8) is 0 Å². The predicted molar refractivity (Wildman–Crippen MR) is 101 cm³/mol. The normalized spacial score (nSPS) is 10.8. The number of hydrogen-bond acceptors (Lipinski definition) is 6. The average molecular weight is 351 g/mol. The lowest BCUT2D eigenvalue weighted by Gasteiger charge is -2.05. The van der Waals surface area contributed by atoms with E-state index in [1.54, 1.807) is 30.5 Å². The third-order valence-electron chi connectivity index (χ3n) is 3.35. The third kappa shape index (κ3) is 4.74. The number of thiazole rings is 1. The molecule has 1 heterocycles. The van der Waals surface area contributed by atoms with Crippen molar-refractivity contribution in [1.29, 1.82) is 0 Å². The van der Waals surface area contributed by atoms with Gasteiger partial charge in [0.1, 0.15) is 5.75 Å². The summed E-state index contributed by atoms with van der Waals surface area (Å²) in [5.74, 6) is 0.0880. The SMILES string of the molecule is Cc1ccc(C(=O)Oc2cccc(C=NNc3nc(C)cs3)c2)cc1. The number of hydrogen-bond donors (Lipinski definition) is 1. The fraction of sp³-hybridized carbons (Fsp3) is 0.105.